The number of aromatic amines is 1. The van der Waals surface area contributed by atoms with Crippen LogP contribution in [0.4, 0.5) is 8.78 Å². The number of pyridine rings is 1. The molecule has 1 unspecified atom stereocenters. The van der Waals surface area contributed by atoms with Crippen LogP contribution in [0.15, 0.2) is 65.6 Å². The van der Waals surface area contributed by atoms with Crippen molar-refractivity contribution in [2.75, 3.05) is 13.2 Å². The molecule has 1 saturated heterocycles. The summed E-state index contributed by atoms with van der Waals surface area (Å²) in [5.41, 5.74) is 3.95. The van der Waals surface area contributed by atoms with Gasteiger partial charge in [-0.15, -0.1) is 0 Å². The zero-order valence-corrected chi connectivity index (χ0v) is 17.1. The minimum absolute atomic E-state index is 0.127. The average Bonchev–Trinajstić information content (AvgIpc) is 3.43. The molecule has 3 heterocycles. The van der Waals surface area contributed by atoms with Crippen LogP contribution in [0.3, 0.4) is 0 Å². The Bertz CT molecular complexity index is 1290. The Hall–Kier alpha value is -3.52. The number of halogens is 2. The highest BCUT2D eigenvalue weighted by Crippen LogP contribution is 2.32. The average molecular weight is 437 g/mol. The van der Waals surface area contributed by atoms with Crippen LogP contribution >= 0.6 is 0 Å². The second kappa shape index (κ2) is 8.55. The van der Waals surface area contributed by atoms with Crippen molar-refractivity contribution >= 4 is 11.0 Å². The fourth-order valence-electron chi connectivity index (χ4n) is 4.14. The van der Waals surface area contributed by atoms with Gasteiger partial charge in [0.2, 0.25) is 5.56 Å². The van der Waals surface area contributed by atoms with E-state index in [9.17, 15) is 13.6 Å². The van der Waals surface area contributed by atoms with E-state index in [1.165, 1.54) is 6.07 Å². The first-order valence-corrected chi connectivity index (χ1v) is 10.4. The fourth-order valence-corrected chi connectivity index (χ4v) is 4.14. The van der Waals surface area contributed by atoms with Gasteiger partial charge in [0, 0.05) is 30.4 Å². The predicted molar refractivity (Wildman–Crippen MR) is 116 cm³/mol. The number of fused-ring (bicyclic) bond motifs is 1. The molecular formula is C24H21F2N3O3. The molecule has 1 aliphatic heterocycles. The Labute approximate surface area is 182 Å². The number of nitrogens with one attached hydrogen (secondary N) is 1. The van der Waals surface area contributed by atoms with Crippen molar-refractivity contribution in [1.29, 1.82) is 0 Å². The molecule has 2 aromatic heterocycles. The van der Waals surface area contributed by atoms with Gasteiger partial charge in [0.1, 0.15) is 11.6 Å². The van der Waals surface area contributed by atoms with Gasteiger partial charge in [-0.2, -0.15) is 8.78 Å². The molecule has 2 aromatic carbocycles. The number of alkyl halides is 2. The Balaban J connectivity index is 1.63. The lowest BCUT2D eigenvalue weighted by atomic mass is 10.1. The van der Waals surface area contributed by atoms with Crippen molar-refractivity contribution in [3.05, 3.63) is 82.5 Å². The Morgan fingerprint density at radius 2 is 2.00 bits per heavy atom. The Kier molecular flexibility index (Phi) is 5.45. The zero-order chi connectivity index (χ0) is 22.1. The summed E-state index contributed by atoms with van der Waals surface area (Å²) >= 11 is 0. The summed E-state index contributed by atoms with van der Waals surface area (Å²) < 4.78 is 38.3. The number of benzene rings is 2. The van der Waals surface area contributed by atoms with Crippen LogP contribution in [0.25, 0.3) is 22.2 Å². The number of imidazole rings is 1. The molecule has 1 N–H and O–H groups in total. The lowest BCUT2D eigenvalue weighted by Gasteiger charge is -2.16. The third-order valence-electron chi connectivity index (χ3n) is 5.71. The molecule has 0 spiro atoms. The van der Waals surface area contributed by atoms with Gasteiger partial charge in [-0.25, -0.2) is 4.98 Å². The van der Waals surface area contributed by atoms with Crippen LogP contribution in [-0.2, 0) is 11.3 Å². The van der Waals surface area contributed by atoms with Crippen LogP contribution in [0.1, 0.15) is 23.7 Å². The molecule has 0 bridgehead atoms. The molecular weight excluding hydrogens is 416 g/mol. The van der Waals surface area contributed by atoms with E-state index in [0.717, 1.165) is 34.4 Å². The summed E-state index contributed by atoms with van der Waals surface area (Å²) in [4.78, 5) is 19.0. The number of aromatic nitrogens is 3. The zero-order valence-electron chi connectivity index (χ0n) is 17.1. The molecule has 0 radical (unpaired) electrons. The molecule has 0 amide bonds. The number of rotatable bonds is 6. The van der Waals surface area contributed by atoms with Gasteiger partial charge in [-0.1, -0.05) is 24.3 Å². The lowest BCUT2D eigenvalue weighted by Crippen LogP contribution is -2.12. The smallest absolute Gasteiger partial charge is 0.387 e. The number of ether oxygens (including phenoxy) is 2. The van der Waals surface area contributed by atoms with Gasteiger partial charge in [0.05, 0.1) is 24.2 Å². The van der Waals surface area contributed by atoms with Crippen molar-refractivity contribution in [1.82, 2.24) is 14.5 Å². The summed E-state index contributed by atoms with van der Waals surface area (Å²) in [6.45, 7) is -1.32. The van der Waals surface area contributed by atoms with Gasteiger partial charge in [-0.05, 0) is 41.8 Å². The van der Waals surface area contributed by atoms with Gasteiger partial charge in [0.15, 0.2) is 0 Å². The van der Waals surface area contributed by atoms with Gasteiger partial charge in [-0.3, -0.25) is 4.79 Å². The molecule has 0 saturated carbocycles. The van der Waals surface area contributed by atoms with Crippen LogP contribution in [-0.4, -0.2) is 34.4 Å². The maximum absolute atomic E-state index is 12.9. The highest BCUT2D eigenvalue weighted by Gasteiger charge is 2.25. The standard InChI is InChI=1S/C24H21F2N3O3/c25-24(26)32-21-4-2-1-3-17(21)13-29-20-11-15(16-6-8-22(30)27-12-16)5-7-19(20)28-23(29)18-9-10-31-14-18/h1-8,11-12,18,24H,9-10,13-14H2,(H,27,30). The number of nitrogens with zero attached hydrogens (tertiary/aromatic N) is 2. The quantitative estimate of drug-likeness (QED) is 0.481. The number of hydrogen-bond donors (Lipinski definition) is 1. The molecule has 32 heavy (non-hydrogen) atoms. The molecule has 4 aromatic rings. The molecule has 164 valence electrons. The van der Waals surface area contributed by atoms with Crippen molar-refractivity contribution in [3.8, 4) is 16.9 Å². The van der Waals surface area contributed by atoms with Crippen LogP contribution in [0, 0.1) is 0 Å². The number of para-hydroxylation sites is 1. The molecule has 1 atom stereocenters. The summed E-state index contributed by atoms with van der Waals surface area (Å²) in [5, 5.41) is 0. The van der Waals surface area contributed by atoms with Crippen LogP contribution in [0.5, 0.6) is 5.75 Å². The molecule has 1 aliphatic rings. The summed E-state index contributed by atoms with van der Waals surface area (Å²) in [7, 11) is 0. The largest absolute Gasteiger partial charge is 0.434 e. The van der Waals surface area contributed by atoms with E-state index >= 15 is 0 Å². The van der Waals surface area contributed by atoms with Crippen molar-refractivity contribution < 1.29 is 18.3 Å². The lowest BCUT2D eigenvalue weighted by molar-refractivity contribution is -0.0504. The SMILES string of the molecule is O=c1ccc(-c2ccc3nc(C4CCOC4)n(Cc4ccccc4OC(F)F)c3c2)c[nH]1. The third-order valence-corrected chi connectivity index (χ3v) is 5.71. The van der Waals surface area contributed by atoms with E-state index in [1.807, 2.05) is 18.2 Å². The van der Waals surface area contributed by atoms with Gasteiger partial charge < -0.3 is 19.0 Å². The first-order chi connectivity index (χ1) is 15.6. The number of H-pyrrole nitrogens is 1. The summed E-state index contributed by atoms with van der Waals surface area (Å²) in [5.74, 6) is 1.14. The predicted octanol–water partition coefficient (Wildman–Crippen LogP) is 4.55. The van der Waals surface area contributed by atoms with Gasteiger partial charge in [0.25, 0.3) is 0 Å². The minimum Gasteiger partial charge on any atom is -0.434 e. The second-order valence-electron chi connectivity index (χ2n) is 7.75. The molecule has 1 fully saturated rings. The summed E-state index contributed by atoms with van der Waals surface area (Å²) in [6.07, 6.45) is 2.52. The molecule has 8 heteroatoms. The van der Waals surface area contributed by atoms with Gasteiger partial charge >= 0.3 is 6.61 Å². The third kappa shape index (κ3) is 4.01. The monoisotopic (exact) mass is 437 g/mol. The second-order valence-corrected chi connectivity index (χ2v) is 7.75. The van der Waals surface area contributed by atoms with Crippen molar-refractivity contribution in [2.45, 2.75) is 25.5 Å². The maximum Gasteiger partial charge on any atom is 0.387 e. The minimum atomic E-state index is -2.90. The molecule has 0 aliphatic carbocycles. The van der Waals surface area contributed by atoms with E-state index in [2.05, 4.69) is 9.55 Å². The van der Waals surface area contributed by atoms with E-state index in [1.54, 1.807) is 36.5 Å². The molecule has 6 nitrogen and oxygen atoms in total. The van der Waals surface area contributed by atoms with E-state index in [0.29, 0.717) is 25.3 Å². The van der Waals surface area contributed by atoms with E-state index in [-0.39, 0.29) is 17.2 Å². The maximum atomic E-state index is 12.9. The van der Waals surface area contributed by atoms with E-state index in [4.69, 9.17) is 14.5 Å². The highest BCUT2D eigenvalue weighted by molar-refractivity contribution is 5.82. The van der Waals surface area contributed by atoms with Crippen molar-refractivity contribution in [3.63, 3.8) is 0 Å². The van der Waals surface area contributed by atoms with Crippen LogP contribution < -0.4 is 10.3 Å². The first-order valence-electron chi connectivity index (χ1n) is 10.4. The fraction of sp³-hybridized carbons (Fsp3) is 0.250. The Morgan fingerprint density at radius 3 is 2.75 bits per heavy atom. The van der Waals surface area contributed by atoms with Crippen LogP contribution in [0.2, 0.25) is 0 Å². The summed E-state index contributed by atoms with van der Waals surface area (Å²) in [6, 6.07) is 15.9. The molecule has 5 rings (SSSR count). The van der Waals surface area contributed by atoms with Crippen molar-refractivity contribution in [2.24, 2.45) is 0 Å². The topological polar surface area (TPSA) is 69.1 Å². The van der Waals surface area contributed by atoms with E-state index < -0.39 is 6.61 Å². The first kappa shape index (κ1) is 20.4. The normalized spacial score (nSPS) is 16.2. The Morgan fingerprint density at radius 1 is 1.16 bits per heavy atom. The highest BCUT2D eigenvalue weighted by atomic mass is 19.3. The number of hydrogen-bond acceptors (Lipinski definition) is 4.